The third-order valence-electron chi connectivity index (χ3n) is 11.2. The van der Waals surface area contributed by atoms with Crippen molar-refractivity contribution >= 4 is 40.6 Å². The largest absolute Gasteiger partial charge is 0.396 e. The van der Waals surface area contributed by atoms with Gasteiger partial charge in [-0.15, -0.1) is 0 Å². The number of carbonyl (C=O) groups is 2. The molecular formula is C38H52N10O4. The van der Waals surface area contributed by atoms with Crippen LogP contribution in [0.25, 0.3) is 0 Å². The van der Waals surface area contributed by atoms with Gasteiger partial charge in [-0.05, 0) is 112 Å². The zero-order valence-electron chi connectivity index (χ0n) is 29.8. The van der Waals surface area contributed by atoms with Crippen molar-refractivity contribution in [2.75, 3.05) is 72.9 Å². The minimum absolute atomic E-state index is 0.107. The van der Waals surface area contributed by atoms with Gasteiger partial charge in [-0.1, -0.05) is 12.1 Å². The molecule has 0 saturated carbocycles. The van der Waals surface area contributed by atoms with Crippen LogP contribution in [-0.4, -0.2) is 107 Å². The number of hydrogen-bond donors (Lipinski definition) is 6. The van der Waals surface area contributed by atoms with Gasteiger partial charge in [-0.2, -0.15) is 0 Å². The van der Waals surface area contributed by atoms with Crippen molar-refractivity contribution < 1.29 is 19.8 Å². The fraction of sp³-hybridized carbons (Fsp3) is 0.553. The van der Waals surface area contributed by atoms with Gasteiger partial charge in [0, 0.05) is 45.0 Å². The molecule has 0 spiro atoms. The molecule has 2 amide bonds. The number of carbonyl (C=O) groups excluding carboxylic acids is 2. The molecule has 14 nitrogen and oxygen atoms in total. The van der Waals surface area contributed by atoms with Gasteiger partial charge in [0.15, 0.2) is 11.5 Å². The maximum atomic E-state index is 12.2. The fourth-order valence-corrected chi connectivity index (χ4v) is 8.15. The second kappa shape index (κ2) is 16.4. The molecule has 6 heterocycles. The average molecular weight is 713 g/mol. The molecule has 4 saturated heterocycles. The molecule has 4 aliphatic rings. The van der Waals surface area contributed by atoms with Crippen molar-refractivity contribution in [1.82, 2.24) is 25.2 Å². The number of nitrogens with two attached hydrogens (primary N) is 1. The zero-order valence-corrected chi connectivity index (χ0v) is 29.8. The number of piperidine rings is 4. The summed E-state index contributed by atoms with van der Waals surface area (Å²) in [7, 11) is 0. The number of nitrogens with one attached hydrogen (secondary N) is 3. The Labute approximate surface area is 305 Å². The van der Waals surface area contributed by atoms with E-state index in [-0.39, 0.29) is 30.2 Å². The lowest BCUT2D eigenvalue weighted by Crippen LogP contribution is -2.49. The molecule has 0 bridgehead atoms. The van der Waals surface area contributed by atoms with Crippen LogP contribution in [0.2, 0.25) is 0 Å². The third-order valence-corrected chi connectivity index (χ3v) is 11.2. The first-order valence-corrected chi connectivity index (χ1v) is 18.9. The molecule has 52 heavy (non-hydrogen) atoms. The van der Waals surface area contributed by atoms with Gasteiger partial charge < -0.3 is 46.6 Å². The average Bonchev–Trinajstić information content (AvgIpc) is 3.17. The minimum atomic E-state index is -0.755. The number of benzene rings is 1. The predicted octanol–water partition coefficient (Wildman–Crippen LogP) is 3.03. The molecule has 4 fully saturated rings. The van der Waals surface area contributed by atoms with Crippen molar-refractivity contribution in [2.45, 2.75) is 69.6 Å². The Morgan fingerprint density at radius 1 is 0.846 bits per heavy atom. The minimum Gasteiger partial charge on any atom is -0.396 e. The number of anilines is 5. The molecule has 278 valence electrons. The maximum absolute atomic E-state index is 12.2. The lowest BCUT2D eigenvalue weighted by atomic mass is 9.88. The Hall–Kier alpha value is -4.53. The summed E-state index contributed by atoms with van der Waals surface area (Å²) in [5, 5.41) is 28.4. The first-order chi connectivity index (χ1) is 25.3. The fourth-order valence-electron chi connectivity index (χ4n) is 8.15. The van der Waals surface area contributed by atoms with Crippen LogP contribution in [0.4, 0.5) is 28.8 Å². The monoisotopic (exact) mass is 712 g/mol. The van der Waals surface area contributed by atoms with E-state index < -0.39 is 12.1 Å². The molecule has 2 unspecified atom stereocenters. The van der Waals surface area contributed by atoms with Crippen molar-refractivity contribution in [3.05, 3.63) is 60.0 Å². The van der Waals surface area contributed by atoms with Crippen LogP contribution in [0.5, 0.6) is 0 Å². The first kappa shape index (κ1) is 35.9. The lowest BCUT2D eigenvalue weighted by Gasteiger charge is -2.38. The smallest absolute Gasteiger partial charge is 0.271 e. The van der Waals surface area contributed by atoms with Gasteiger partial charge in [-0.25, -0.2) is 15.0 Å². The van der Waals surface area contributed by atoms with Crippen LogP contribution in [-0.2, 0) is 4.79 Å². The van der Waals surface area contributed by atoms with Crippen molar-refractivity contribution in [3.63, 3.8) is 0 Å². The number of pyridine rings is 1. The number of primary amides is 1. The van der Waals surface area contributed by atoms with Gasteiger partial charge in [-0.3, -0.25) is 9.59 Å². The Bertz CT molecular complexity index is 1660. The first-order valence-electron chi connectivity index (χ1n) is 18.9. The molecule has 3 aromatic rings. The molecule has 7 rings (SSSR count). The molecule has 14 heteroatoms. The summed E-state index contributed by atoms with van der Waals surface area (Å²) in [6.45, 7) is 6.99. The number of nitrogens with zero attached hydrogens (tertiary/aromatic N) is 6. The summed E-state index contributed by atoms with van der Waals surface area (Å²) in [6.07, 6.45) is 10.3. The highest BCUT2D eigenvalue weighted by Gasteiger charge is 2.28. The van der Waals surface area contributed by atoms with Gasteiger partial charge in [0.25, 0.3) is 5.91 Å². The van der Waals surface area contributed by atoms with Gasteiger partial charge in [0.2, 0.25) is 5.91 Å². The summed E-state index contributed by atoms with van der Waals surface area (Å²) < 4.78 is 0. The van der Waals surface area contributed by atoms with Crippen LogP contribution < -0.4 is 31.5 Å². The highest BCUT2D eigenvalue weighted by Crippen LogP contribution is 2.32. The highest BCUT2D eigenvalue weighted by molar-refractivity contribution is 5.96. The van der Waals surface area contributed by atoms with Crippen molar-refractivity contribution in [2.24, 2.45) is 17.6 Å². The quantitative estimate of drug-likeness (QED) is 0.171. The lowest BCUT2D eigenvalue weighted by molar-refractivity contribution is -0.127. The number of aliphatic hydroxyl groups excluding tert-OH is 2. The third kappa shape index (κ3) is 8.73. The van der Waals surface area contributed by atoms with Crippen LogP contribution in [0, 0.1) is 11.8 Å². The SMILES string of the molecule is NC(=O)c1ncc(N2CCC[C@@H](CO)C2)nc1Nc1ccc(C2CCN(CC3CCN(c4ccc(NC5CCC(O)NC5=O)cn4)CC3)CC2)cc1. The van der Waals surface area contributed by atoms with Gasteiger partial charge >= 0.3 is 0 Å². The number of hydrogen-bond acceptors (Lipinski definition) is 12. The molecule has 7 N–H and O–H groups in total. The summed E-state index contributed by atoms with van der Waals surface area (Å²) in [5.74, 6) is 2.57. The Morgan fingerprint density at radius 2 is 1.62 bits per heavy atom. The van der Waals surface area contributed by atoms with Crippen molar-refractivity contribution in [3.8, 4) is 0 Å². The zero-order chi connectivity index (χ0) is 36.0. The topological polar surface area (TPSA) is 185 Å². The van der Waals surface area contributed by atoms with E-state index >= 15 is 0 Å². The second-order valence-corrected chi connectivity index (χ2v) is 14.9. The van der Waals surface area contributed by atoms with E-state index in [1.54, 1.807) is 12.4 Å². The number of likely N-dealkylation sites (tertiary alicyclic amines) is 1. The normalized spacial score (nSPS) is 23.7. The van der Waals surface area contributed by atoms with E-state index in [1.807, 2.05) is 24.3 Å². The predicted molar refractivity (Wildman–Crippen MR) is 201 cm³/mol. The molecule has 0 aliphatic carbocycles. The van der Waals surface area contributed by atoms with E-state index in [4.69, 9.17) is 10.7 Å². The molecule has 3 atom stereocenters. The van der Waals surface area contributed by atoms with E-state index in [0.29, 0.717) is 42.9 Å². The molecule has 4 aliphatic heterocycles. The van der Waals surface area contributed by atoms with E-state index in [2.05, 4.69) is 52.8 Å². The van der Waals surface area contributed by atoms with E-state index in [9.17, 15) is 19.8 Å². The van der Waals surface area contributed by atoms with Crippen LogP contribution in [0.3, 0.4) is 0 Å². The summed E-state index contributed by atoms with van der Waals surface area (Å²) in [5.41, 5.74) is 8.71. The standard InChI is InChI=1S/C38H52N10O4/c39-36(51)35-37(44-33(21-41-35)48-15-1-2-26(23-48)24-49)43-29-5-3-27(4-6-29)28-13-16-46(17-14-28)22-25-11-18-47(19-12-25)32-9-7-30(20-40-32)42-31-8-10-34(50)45-38(31)52/h3-7,9,20-21,25-26,28,31,34,42,49-50H,1-2,8,10-19,22-24H2,(H2,39,51)(H,43,44)(H,45,52)/t26-,31?,34?/m1/s1. The molecular weight excluding hydrogens is 660 g/mol. The van der Waals surface area contributed by atoms with Crippen LogP contribution in [0.15, 0.2) is 48.8 Å². The second-order valence-electron chi connectivity index (χ2n) is 14.9. The Balaban J connectivity index is 0.858. The Kier molecular flexibility index (Phi) is 11.3. The molecule has 1 aromatic carbocycles. The summed E-state index contributed by atoms with van der Waals surface area (Å²) in [6, 6.07) is 12.1. The summed E-state index contributed by atoms with van der Waals surface area (Å²) >= 11 is 0. The van der Waals surface area contributed by atoms with E-state index in [0.717, 1.165) is 95.0 Å². The number of rotatable bonds is 11. The highest BCUT2D eigenvalue weighted by atomic mass is 16.3. The van der Waals surface area contributed by atoms with Crippen LogP contribution in [0.1, 0.15) is 73.3 Å². The summed E-state index contributed by atoms with van der Waals surface area (Å²) in [4.78, 5) is 45.2. The van der Waals surface area contributed by atoms with E-state index in [1.165, 1.54) is 5.56 Å². The number of aromatic nitrogens is 3. The number of amides is 2. The molecule has 2 aromatic heterocycles. The van der Waals surface area contributed by atoms with Crippen LogP contribution >= 0.6 is 0 Å². The Morgan fingerprint density at radius 3 is 2.31 bits per heavy atom. The molecule has 0 radical (unpaired) electrons. The van der Waals surface area contributed by atoms with Gasteiger partial charge in [0.1, 0.15) is 23.9 Å². The van der Waals surface area contributed by atoms with Crippen molar-refractivity contribution in [1.29, 1.82) is 0 Å². The maximum Gasteiger partial charge on any atom is 0.271 e. The number of aliphatic hydroxyl groups is 2. The van der Waals surface area contributed by atoms with Gasteiger partial charge in [0.05, 0.1) is 18.1 Å².